The number of nitrogens with zero attached hydrogens (tertiary/aromatic N) is 1. The molecule has 0 aliphatic carbocycles. The molecule has 0 spiro atoms. The van der Waals surface area contributed by atoms with Crippen LogP contribution in [-0.2, 0) is 25.5 Å². The number of esters is 1. The minimum absolute atomic E-state index is 0.0292. The van der Waals surface area contributed by atoms with Crippen LogP contribution in [0.5, 0.6) is 0 Å². The average molecular weight is 452 g/mol. The Morgan fingerprint density at radius 3 is 2.24 bits per heavy atom. The van der Waals surface area contributed by atoms with E-state index in [-0.39, 0.29) is 24.4 Å². The number of nitrogens with one attached hydrogen (secondary N) is 2. The van der Waals surface area contributed by atoms with Crippen LogP contribution in [-0.4, -0.2) is 55.4 Å². The summed E-state index contributed by atoms with van der Waals surface area (Å²) in [4.78, 5) is 40.0. The number of hydrogen-bond acceptors (Lipinski definition) is 6. The molecule has 174 valence electrons. The third-order valence-corrected chi connectivity index (χ3v) is 4.85. The van der Waals surface area contributed by atoms with Crippen LogP contribution in [0.25, 0.3) is 11.1 Å². The highest BCUT2D eigenvalue weighted by Crippen LogP contribution is 2.20. The normalized spacial score (nSPS) is 12.6. The molecule has 2 rings (SSSR count). The molecular weight excluding hydrogens is 422 g/mol. The Morgan fingerprint density at radius 2 is 1.70 bits per heavy atom. The van der Waals surface area contributed by atoms with Crippen molar-refractivity contribution in [3.63, 3.8) is 0 Å². The van der Waals surface area contributed by atoms with Crippen molar-refractivity contribution in [2.75, 3.05) is 20.7 Å². The molecule has 3 N–H and O–H groups in total. The topological polar surface area (TPSA) is 117 Å². The second-order valence-corrected chi connectivity index (χ2v) is 7.17. The van der Waals surface area contributed by atoms with Crippen molar-refractivity contribution in [2.24, 2.45) is 4.99 Å². The molecule has 2 aromatic rings. The smallest absolute Gasteiger partial charge is 0.352 e. The highest BCUT2D eigenvalue weighted by atomic mass is 16.5. The van der Waals surface area contributed by atoms with Crippen molar-refractivity contribution < 1.29 is 24.2 Å². The number of likely N-dealkylation sites (N-methyl/N-ethyl adjacent to an activating group) is 1. The number of carboxylic acid groups (broad SMARTS) is 1. The van der Waals surface area contributed by atoms with Gasteiger partial charge in [-0.15, -0.1) is 0 Å². The first-order valence-corrected chi connectivity index (χ1v) is 10.6. The molecule has 0 saturated heterocycles. The Kier molecular flexibility index (Phi) is 9.82. The van der Waals surface area contributed by atoms with Gasteiger partial charge in [-0.25, -0.2) is 4.79 Å². The number of carbonyl (C=O) groups is 3. The van der Waals surface area contributed by atoms with Gasteiger partial charge in [-0.1, -0.05) is 54.6 Å². The van der Waals surface area contributed by atoms with Gasteiger partial charge in [-0.05, 0) is 36.1 Å². The Bertz CT molecular complexity index is 1010. The van der Waals surface area contributed by atoms with E-state index in [0.29, 0.717) is 6.42 Å². The highest BCUT2D eigenvalue weighted by Gasteiger charge is 2.21. The minimum Gasteiger partial charge on any atom is -0.477 e. The SMILES string of the molecule is CCOC(=O)C[C@@H](Cc1ccc(-c2ccccc2)cc1)NC(=O)C(/C=C(\NC)C(=O)O)=NC. The van der Waals surface area contributed by atoms with Crippen molar-refractivity contribution in [1.82, 2.24) is 10.6 Å². The van der Waals surface area contributed by atoms with Crippen LogP contribution < -0.4 is 10.6 Å². The Balaban J connectivity index is 2.19. The summed E-state index contributed by atoms with van der Waals surface area (Å²) in [5, 5.41) is 14.5. The first-order chi connectivity index (χ1) is 15.9. The number of hydrogen-bond donors (Lipinski definition) is 3. The summed E-state index contributed by atoms with van der Waals surface area (Å²) < 4.78 is 5.05. The number of amides is 1. The molecule has 0 radical (unpaired) electrons. The van der Waals surface area contributed by atoms with Gasteiger partial charge in [0.1, 0.15) is 11.4 Å². The molecule has 0 aliphatic heterocycles. The maximum atomic E-state index is 12.8. The minimum atomic E-state index is -1.21. The highest BCUT2D eigenvalue weighted by molar-refractivity contribution is 6.44. The van der Waals surface area contributed by atoms with Crippen molar-refractivity contribution >= 4 is 23.6 Å². The molecule has 1 atom stereocenters. The van der Waals surface area contributed by atoms with E-state index in [1.165, 1.54) is 14.1 Å². The molecule has 0 heterocycles. The maximum Gasteiger partial charge on any atom is 0.352 e. The first-order valence-electron chi connectivity index (χ1n) is 10.6. The molecule has 8 nitrogen and oxygen atoms in total. The summed E-state index contributed by atoms with van der Waals surface area (Å²) in [5.41, 5.74) is 2.83. The van der Waals surface area contributed by atoms with Crippen molar-refractivity contribution in [3.05, 3.63) is 71.9 Å². The van der Waals surface area contributed by atoms with E-state index in [2.05, 4.69) is 15.6 Å². The van der Waals surface area contributed by atoms with Gasteiger partial charge >= 0.3 is 11.9 Å². The van der Waals surface area contributed by atoms with Gasteiger partial charge in [0, 0.05) is 20.1 Å². The third-order valence-electron chi connectivity index (χ3n) is 4.85. The van der Waals surface area contributed by atoms with Crippen LogP contribution in [0.15, 0.2) is 71.4 Å². The fourth-order valence-corrected chi connectivity index (χ4v) is 3.21. The van der Waals surface area contributed by atoms with Crippen LogP contribution in [0, 0.1) is 0 Å². The zero-order valence-corrected chi connectivity index (χ0v) is 19.0. The largest absolute Gasteiger partial charge is 0.477 e. The number of carbonyl (C=O) groups excluding carboxylic acids is 2. The Labute approximate surface area is 193 Å². The molecular formula is C25H29N3O5. The summed E-state index contributed by atoms with van der Waals surface area (Å²) in [6, 6.07) is 17.3. The second kappa shape index (κ2) is 12.8. The molecule has 0 unspecified atom stereocenters. The number of carboxylic acids is 1. The van der Waals surface area contributed by atoms with Crippen LogP contribution in [0.1, 0.15) is 18.9 Å². The molecule has 0 aromatic heterocycles. The van der Waals surface area contributed by atoms with Crippen molar-refractivity contribution in [3.8, 4) is 11.1 Å². The molecule has 2 aromatic carbocycles. The van der Waals surface area contributed by atoms with Crippen molar-refractivity contribution in [2.45, 2.75) is 25.8 Å². The standard InChI is InChI=1S/C25H29N3O5/c1-4-33-23(29)15-20(28-24(30)21(26-2)16-22(27-3)25(31)32)14-17-10-12-19(13-11-17)18-8-6-5-7-9-18/h5-13,16,20,27H,4,14-15H2,1-3H3,(H,28,30)(H,31,32)/b22-16-,26-21?/t20-/m1/s1. The molecule has 8 heteroatoms. The maximum absolute atomic E-state index is 12.8. The van der Waals surface area contributed by atoms with Gasteiger partial charge < -0.3 is 20.5 Å². The molecule has 0 fully saturated rings. The summed E-state index contributed by atoms with van der Waals surface area (Å²) in [6.45, 7) is 1.95. The zero-order chi connectivity index (χ0) is 24.2. The van der Waals surface area contributed by atoms with Crippen LogP contribution >= 0.6 is 0 Å². The Hall–Kier alpha value is -3.94. The predicted molar refractivity (Wildman–Crippen MR) is 127 cm³/mol. The van der Waals surface area contributed by atoms with Crippen molar-refractivity contribution in [1.29, 1.82) is 0 Å². The molecule has 0 bridgehead atoms. The van der Waals surface area contributed by atoms with E-state index in [1.54, 1.807) is 6.92 Å². The van der Waals surface area contributed by atoms with E-state index in [0.717, 1.165) is 22.8 Å². The van der Waals surface area contributed by atoms with Crippen LogP contribution in [0.3, 0.4) is 0 Å². The predicted octanol–water partition coefficient (Wildman–Crippen LogP) is 2.59. The fraction of sp³-hybridized carbons (Fsp3) is 0.280. The molecule has 1 amide bonds. The van der Waals surface area contributed by atoms with E-state index in [9.17, 15) is 19.5 Å². The van der Waals surface area contributed by atoms with Gasteiger partial charge in [0.05, 0.1) is 13.0 Å². The van der Waals surface area contributed by atoms with Gasteiger partial charge in [0.2, 0.25) is 0 Å². The van der Waals surface area contributed by atoms with E-state index in [1.807, 2.05) is 54.6 Å². The quantitative estimate of drug-likeness (QED) is 0.275. The summed E-state index contributed by atoms with van der Waals surface area (Å²) in [5.74, 6) is -2.23. The summed E-state index contributed by atoms with van der Waals surface area (Å²) in [7, 11) is 2.83. The van der Waals surface area contributed by atoms with Crippen LogP contribution in [0.2, 0.25) is 0 Å². The zero-order valence-electron chi connectivity index (χ0n) is 19.0. The Morgan fingerprint density at radius 1 is 1.06 bits per heavy atom. The monoisotopic (exact) mass is 451 g/mol. The summed E-state index contributed by atoms with van der Waals surface area (Å²) >= 11 is 0. The van der Waals surface area contributed by atoms with E-state index in [4.69, 9.17) is 4.74 Å². The molecule has 0 aliphatic rings. The lowest BCUT2D eigenvalue weighted by Gasteiger charge is -2.19. The molecule has 33 heavy (non-hydrogen) atoms. The lowest BCUT2D eigenvalue weighted by atomic mass is 9.99. The second-order valence-electron chi connectivity index (χ2n) is 7.17. The number of aliphatic carboxylic acids is 1. The van der Waals surface area contributed by atoms with Gasteiger partial charge in [0.25, 0.3) is 5.91 Å². The summed E-state index contributed by atoms with van der Waals surface area (Å²) in [6.07, 6.45) is 1.50. The van der Waals surface area contributed by atoms with Gasteiger partial charge in [0.15, 0.2) is 0 Å². The average Bonchev–Trinajstić information content (AvgIpc) is 2.80. The molecule has 0 saturated carbocycles. The lowest BCUT2D eigenvalue weighted by molar-refractivity contribution is -0.143. The van der Waals surface area contributed by atoms with Crippen LogP contribution in [0.4, 0.5) is 0 Å². The lowest BCUT2D eigenvalue weighted by Crippen LogP contribution is -2.42. The number of ether oxygens (including phenoxy) is 1. The first kappa shape index (κ1) is 25.3. The van der Waals surface area contributed by atoms with E-state index < -0.39 is 23.9 Å². The number of benzene rings is 2. The third kappa shape index (κ3) is 7.92. The van der Waals surface area contributed by atoms with Gasteiger partial charge in [-0.3, -0.25) is 14.6 Å². The van der Waals surface area contributed by atoms with E-state index >= 15 is 0 Å². The van der Waals surface area contributed by atoms with Gasteiger partial charge in [-0.2, -0.15) is 0 Å². The number of aliphatic imine (C=N–C) groups is 1. The number of rotatable bonds is 11. The fourth-order valence-electron chi connectivity index (χ4n) is 3.21.